The number of para-hydroxylation sites is 1. The van der Waals surface area contributed by atoms with Crippen LogP contribution in [0.5, 0.6) is 5.75 Å². The van der Waals surface area contributed by atoms with Gasteiger partial charge in [-0.25, -0.2) is 9.78 Å². The quantitative estimate of drug-likeness (QED) is 0.0659. The van der Waals surface area contributed by atoms with Gasteiger partial charge in [0.25, 0.3) is 0 Å². The zero-order valence-electron chi connectivity index (χ0n) is 29.7. The molecule has 4 aromatic carbocycles. The van der Waals surface area contributed by atoms with Crippen LogP contribution in [0.3, 0.4) is 0 Å². The van der Waals surface area contributed by atoms with Crippen LogP contribution in [0.4, 0.5) is 4.79 Å². The first-order chi connectivity index (χ1) is 25.6. The van der Waals surface area contributed by atoms with Crippen molar-refractivity contribution >= 4 is 34.6 Å². The summed E-state index contributed by atoms with van der Waals surface area (Å²) in [5, 5.41) is 21.5. The third-order valence-electron chi connectivity index (χ3n) is 8.61. The zero-order chi connectivity index (χ0) is 37.6. The molecule has 0 aliphatic carbocycles. The maximum Gasteiger partial charge on any atom is 0.408 e. The van der Waals surface area contributed by atoms with Gasteiger partial charge in [-0.15, -0.1) is 0 Å². The summed E-state index contributed by atoms with van der Waals surface area (Å²) in [4.78, 5) is 61.0. The first-order valence-electron chi connectivity index (χ1n) is 17.6. The maximum absolute atomic E-state index is 14.2. The zero-order valence-corrected chi connectivity index (χ0v) is 29.7. The first kappa shape index (κ1) is 38.2. The summed E-state index contributed by atoms with van der Waals surface area (Å²) < 4.78 is 10.8. The molecule has 1 aromatic heterocycles. The van der Waals surface area contributed by atoms with Gasteiger partial charge in [-0.3, -0.25) is 14.4 Å². The van der Waals surface area contributed by atoms with Crippen molar-refractivity contribution in [2.24, 2.45) is 5.92 Å². The largest absolute Gasteiger partial charge is 0.445 e. The van der Waals surface area contributed by atoms with Gasteiger partial charge in [0.2, 0.25) is 11.8 Å². The summed E-state index contributed by atoms with van der Waals surface area (Å²) in [6.07, 6.45) is 1.03. The Labute approximate surface area is 308 Å². The number of rotatable bonds is 17. The second-order valence-corrected chi connectivity index (χ2v) is 13.2. The Bertz CT molecular complexity index is 1930. The van der Waals surface area contributed by atoms with Crippen LogP contribution < -0.4 is 20.7 Å². The van der Waals surface area contributed by atoms with Crippen LogP contribution in [0.25, 0.3) is 10.8 Å². The molecule has 276 valence electrons. The van der Waals surface area contributed by atoms with Gasteiger partial charge in [-0.05, 0) is 46.4 Å². The van der Waals surface area contributed by atoms with E-state index in [0.717, 1.165) is 21.9 Å². The van der Waals surface area contributed by atoms with Crippen molar-refractivity contribution < 1.29 is 33.8 Å². The standard InChI is InChI=1S/C41H45N5O7/c1-27(2)20-34(37(47)23-38(48)53-32-17-7-4-8-18-32)44-40(50)36(22-31-24-42-26-43-31)45-39(49)35(46-41(51)52-25-28-12-5-3-6-13-28)21-30-16-11-15-29-14-9-10-19-33(29)30/h3-19,24,26-27,34-37,47H,20-23,25H2,1-2H3,(H,42,43)(H,44,50)(H,45,49)(H,46,51)/t34-,35-,36-,37-/m0/s1. The second kappa shape index (κ2) is 19.0. The molecule has 12 heteroatoms. The Kier molecular flexibility index (Phi) is 13.7. The molecule has 4 atom stereocenters. The van der Waals surface area contributed by atoms with Gasteiger partial charge >= 0.3 is 12.1 Å². The molecule has 0 radical (unpaired) electrons. The third kappa shape index (κ3) is 11.8. The van der Waals surface area contributed by atoms with E-state index in [1.807, 2.05) is 86.6 Å². The van der Waals surface area contributed by atoms with E-state index in [-0.39, 0.29) is 31.8 Å². The van der Waals surface area contributed by atoms with E-state index in [4.69, 9.17) is 9.47 Å². The van der Waals surface area contributed by atoms with Crippen LogP contribution in [0.1, 0.15) is 43.5 Å². The van der Waals surface area contributed by atoms with E-state index in [2.05, 4.69) is 25.9 Å². The number of amides is 3. The molecule has 0 aliphatic rings. The molecule has 1 heterocycles. The molecule has 0 aliphatic heterocycles. The lowest BCUT2D eigenvalue weighted by molar-refractivity contribution is -0.138. The molecule has 0 saturated heterocycles. The minimum absolute atomic E-state index is 0.00140. The van der Waals surface area contributed by atoms with Crippen molar-refractivity contribution in [3.63, 3.8) is 0 Å². The van der Waals surface area contributed by atoms with E-state index >= 15 is 0 Å². The fourth-order valence-electron chi connectivity index (χ4n) is 5.98. The Hall–Kier alpha value is -6.01. The van der Waals surface area contributed by atoms with Crippen molar-refractivity contribution in [2.45, 2.75) is 70.4 Å². The van der Waals surface area contributed by atoms with Crippen LogP contribution in [-0.4, -0.2) is 63.2 Å². The van der Waals surface area contributed by atoms with Gasteiger partial charge in [0.1, 0.15) is 24.4 Å². The maximum atomic E-state index is 14.2. The molecule has 0 unspecified atom stereocenters. The number of aromatic amines is 1. The monoisotopic (exact) mass is 719 g/mol. The number of carbonyl (C=O) groups is 4. The van der Waals surface area contributed by atoms with Gasteiger partial charge in [-0.1, -0.05) is 105 Å². The predicted molar refractivity (Wildman–Crippen MR) is 200 cm³/mol. The van der Waals surface area contributed by atoms with Crippen LogP contribution >= 0.6 is 0 Å². The van der Waals surface area contributed by atoms with Gasteiger partial charge in [0, 0.05) is 24.7 Å². The molecular weight excluding hydrogens is 674 g/mol. The summed E-state index contributed by atoms with van der Waals surface area (Å²) >= 11 is 0. The Morgan fingerprint density at radius 1 is 0.774 bits per heavy atom. The lowest BCUT2D eigenvalue weighted by atomic mass is 9.96. The van der Waals surface area contributed by atoms with E-state index in [0.29, 0.717) is 17.9 Å². The Morgan fingerprint density at radius 2 is 1.43 bits per heavy atom. The van der Waals surface area contributed by atoms with Gasteiger partial charge in [0.15, 0.2) is 0 Å². The molecule has 0 saturated carbocycles. The number of H-pyrrole nitrogens is 1. The minimum Gasteiger partial charge on any atom is -0.445 e. The topological polar surface area (TPSA) is 172 Å². The number of imidazole rings is 1. The van der Waals surface area contributed by atoms with Crippen molar-refractivity contribution in [1.29, 1.82) is 0 Å². The van der Waals surface area contributed by atoms with E-state index in [9.17, 15) is 24.3 Å². The average Bonchev–Trinajstić information content (AvgIpc) is 3.67. The van der Waals surface area contributed by atoms with E-state index in [1.54, 1.807) is 36.5 Å². The lowest BCUT2D eigenvalue weighted by Gasteiger charge is -2.28. The fraction of sp³-hybridized carbons (Fsp3) is 0.293. The number of aliphatic hydroxyl groups excluding tert-OH is 1. The molecule has 12 nitrogen and oxygen atoms in total. The van der Waals surface area contributed by atoms with Crippen LogP contribution in [0, 0.1) is 5.92 Å². The highest BCUT2D eigenvalue weighted by atomic mass is 16.5. The molecular formula is C41H45N5O7. The van der Waals surface area contributed by atoms with Crippen molar-refractivity contribution in [2.75, 3.05) is 0 Å². The van der Waals surface area contributed by atoms with Gasteiger partial charge in [-0.2, -0.15) is 0 Å². The number of ether oxygens (including phenoxy) is 2. The molecule has 3 amide bonds. The summed E-state index contributed by atoms with van der Waals surface area (Å²) in [6.45, 7) is 3.86. The fourth-order valence-corrected chi connectivity index (χ4v) is 5.98. The number of esters is 1. The lowest BCUT2D eigenvalue weighted by Crippen LogP contribution is -2.57. The highest BCUT2D eigenvalue weighted by Crippen LogP contribution is 2.21. The third-order valence-corrected chi connectivity index (χ3v) is 8.61. The molecule has 53 heavy (non-hydrogen) atoms. The van der Waals surface area contributed by atoms with Crippen LogP contribution in [0.15, 0.2) is 116 Å². The highest BCUT2D eigenvalue weighted by molar-refractivity contribution is 5.93. The second-order valence-electron chi connectivity index (χ2n) is 13.2. The highest BCUT2D eigenvalue weighted by Gasteiger charge is 2.32. The number of hydrogen-bond acceptors (Lipinski definition) is 8. The number of benzene rings is 4. The Morgan fingerprint density at radius 3 is 2.15 bits per heavy atom. The molecule has 0 fully saturated rings. The number of nitrogens with zero attached hydrogens (tertiary/aromatic N) is 1. The molecule has 0 spiro atoms. The number of alkyl carbamates (subject to hydrolysis) is 1. The summed E-state index contributed by atoms with van der Waals surface area (Å²) in [7, 11) is 0. The van der Waals surface area contributed by atoms with Gasteiger partial charge in [0.05, 0.1) is 24.9 Å². The smallest absolute Gasteiger partial charge is 0.408 e. The van der Waals surface area contributed by atoms with Crippen LogP contribution in [-0.2, 0) is 38.6 Å². The van der Waals surface area contributed by atoms with Crippen molar-refractivity contribution in [3.05, 3.63) is 132 Å². The number of nitrogens with one attached hydrogen (secondary N) is 4. The summed E-state index contributed by atoms with van der Waals surface area (Å²) in [6, 6.07) is 28.0. The van der Waals surface area contributed by atoms with Gasteiger partial charge < -0.3 is 35.5 Å². The number of aliphatic hydroxyl groups is 1. The van der Waals surface area contributed by atoms with E-state index in [1.165, 1.54) is 6.33 Å². The van der Waals surface area contributed by atoms with Crippen LogP contribution in [0.2, 0.25) is 0 Å². The minimum atomic E-state index is -1.28. The van der Waals surface area contributed by atoms with E-state index < -0.39 is 48.1 Å². The normalized spacial score (nSPS) is 13.4. The average molecular weight is 720 g/mol. The SMILES string of the molecule is CC(C)C[C@H](NC(=O)[C@H](Cc1cnc[nH]1)NC(=O)[C@H](Cc1cccc2ccccc12)NC(=O)OCc1ccccc1)[C@@H](O)CC(=O)Oc1ccccc1. The predicted octanol–water partition coefficient (Wildman–Crippen LogP) is 5.02. The number of aromatic nitrogens is 2. The Balaban J connectivity index is 1.34. The summed E-state index contributed by atoms with van der Waals surface area (Å²) in [5.74, 6) is -1.49. The summed E-state index contributed by atoms with van der Waals surface area (Å²) in [5.41, 5.74) is 2.16. The molecule has 5 rings (SSSR count). The van der Waals surface area contributed by atoms with Crippen molar-refractivity contribution in [3.8, 4) is 5.75 Å². The number of fused-ring (bicyclic) bond motifs is 1. The molecule has 0 bridgehead atoms. The number of carbonyl (C=O) groups excluding carboxylic acids is 4. The van der Waals surface area contributed by atoms with Crippen molar-refractivity contribution in [1.82, 2.24) is 25.9 Å². The molecule has 5 aromatic rings. The first-order valence-corrected chi connectivity index (χ1v) is 17.6. The molecule has 5 N–H and O–H groups in total. The number of hydrogen-bond donors (Lipinski definition) is 5.